The quantitative estimate of drug-likeness (QED) is 0.420. The second-order valence-electron chi connectivity index (χ2n) is 11.8. The van der Waals surface area contributed by atoms with Crippen LogP contribution in [0.25, 0.3) is 0 Å². The van der Waals surface area contributed by atoms with E-state index >= 15 is 0 Å². The van der Waals surface area contributed by atoms with Gasteiger partial charge < -0.3 is 30.1 Å². The van der Waals surface area contributed by atoms with Gasteiger partial charge in [-0.05, 0) is 55.1 Å². The Labute approximate surface area is 229 Å². The Balaban J connectivity index is 1.57. The van der Waals surface area contributed by atoms with E-state index in [-0.39, 0.29) is 41.4 Å². The highest BCUT2D eigenvalue weighted by molar-refractivity contribution is 5.82. The van der Waals surface area contributed by atoms with Crippen LogP contribution in [0.1, 0.15) is 77.3 Å². The highest BCUT2D eigenvalue weighted by atomic mass is 16.5. The highest BCUT2D eigenvalue weighted by Crippen LogP contribution is 2.36. The molecule has 2 fully saturated rings. The number of hydrogen-bond donors (Lipinski definition) is 3. The maximum Gasteiger partial charge on any atom is 0.407 e. The van der Waals surface area contributed by atoms with E-state index in [1.54, 1.807) is 4.90 Å². The van der Waals surface area contributed by atoms with E-state index in [0.717, 1.165) is 12.8 Å². The molecule has 0 aromatic carbocycles. The molecular weight excluding hydrogens is 504 g/mol. The summed E-state index contributed by atoms with van der Waals surface area (Å²) in [6.07, 6.45) is 5.60. The summed E-state index contributed by atoms with van der Waals surface area (Å²) in [5, 5.41) is 22.3. The molecule has 1 aromatic heterocycles. The lowest BCUT2D eigenvalue weighted by molar-refractivity contribution is -0.141. The summed E-state index contributed by atoms with van der Waals surface area (Å²) < 4.78 is 4.77. The predicted octanol–water partition coefficient (Wildman–Crippen LogP) is 3.33. The largest absolute Gasteiger partial charge is 0.506 e. The fourth-order valence-corrected chi connectivity index (χ4v) is 5.68. The first kappa shape index (κ1) is 30.2. The number of pyridine rings is 1. The highest BCUT2D eigenvalue weighted by Gasteiger charge is 2.39. The van der Waals surface area contributed by atoms with Gasteiger partial charge in [-0.15, -0.1) is 0 Å². The topological polar surface area (TPSA) is 149 Å². The zero-order valence-corrected chi connectivity index (χ0v) is 23.4. The SMILES string of the molecule is COC(=O)CC(NC(=O)[C@@H]1CCCN(C(=O)CCC2CCN(C(=O)O)C(C(C)(C)C)C2)C1)c1cncc(O)c1. The standard InChI is InChI=1S/C28H42N4O7/c1-28(2,3)23-12-18(9-11-32(23)27(37)38)7-8-24(34)31-10-5-6-19(17-31)26(36)30-22(14-25(35)39-4)20-13-21(33)16-29-15-20/h13,15-16,18-19,22-23,33H,5-12,14,17H2,1-4H3,(H,30,36)(H,37,38)/t18?,19-,22?,23?/m1/s1. The molecule has 0 aliphatic carbocycles. The van der Waals surface area contributed by atoms with Gasteiger partial charge >= 0.3 is 12.1 Å². The van der Waals surface area contributed by atoms with E-state index in [0.29, 0.717) is 50.9 Å². The van der Waals surface area contributed by atoms with Crippen molar-refractivity contribution in [2.24, 2.45) is 17.3 Å². The van der Waals surface area contributed by atoms with E-state index in [2.05, 4.69) is 10.3 Å². The number of esters is 1. The van der Waals surface area contributed by atoms with Gasteiger partial charge in [-0.25, -0.2) is 4.79 Å². The minimum Gasteiger partial charge on any atom is -0.506 e. The third-order valence-corrected chi connectivity index (χ3v) is 7.93. The molecule has 0 spiro atoms. The molecule has 216 valence electrons. The number of amides is 3. The molecule has 3 heterocycles. The van der Waals surface area contributed by atoms with Gasteiger partial charge in [-0.2, -0.15) is 0 Å². The summed E-state index contributed by atoms with van der Waals surface area (Å²) in [5.74, 6) is -0.993. The first-order valence-corrected chi connectivity index (χ1v) is 13.7. The van der Waals surface area contributed by atoms with Gasteiger partial charge in [0.2, 0.25) is 11.8 Å². The van der Waals surface area contributed by atoms with Crippen LogP contribution in [0.3, 0.4) is 0 Å². The van der Waals surface area contributed by atoms with Crippen LogP contribution >= 0.6 is 0 Å². The summed E-state index contributed by atoms with van der Waals surface area (Å²) in [5.41, 5.74) is 0.300. The van der Waals surface area contributed by atoms with Gasteiger partial charge in [0, 0.05) is 38.3 Å². The van der Waals surface area contributed by atoms with Crippen LogP contribution in [-0.4, -0.2) is 81.7 Å². The Kier molecular flexibility index (Phi) is 10.2. The summed E-state index contributed by atoms with van der Waals surface area (Å²) in [7, 11) is 1.27. The maximum absolute atomic E-state index is 13.2. The Morgan fingerprint density at radius 3 is 2.56 bits per heavy atom. The molecule has 2 aliphatic heterocycles. The van der Waals surface area contributed by atoms with Crippen molar-refractivity contribution < 1.29 is 34.1 Å². The van der Waals surface area contributed by atoms with Crippen LogP contribution < -0.4 is 5.32 Å². The number of aromatic hydroxyl groups is 1. The molecular formula is C28H42N4O7. The van der Waals surface area contributed by atoms with Crippen LogP contribution in [0.5, 0.6) is 5.75 Å². The van der Waals surface area contributed by atoms with E-state index < -0.39 is 24.0 Å². The van der Waals surface area contributed by atoms with Gasteiger partial charge in [-0.3, -0.25) is 19.4 Å². The lowest BCUT2D eigenvalue weighted by atomic mass is 9.76. The van der Waals surface area contributed by atoms with Crippen LogP contribution in [0.2, 0.25) is 0 Å². The minimum atomic E-state index is -0.892. The number of hydrogen-bond acceptors (Lipinski definition) is 7. The van der Waals surface area contributed by atoms with Gasteiger partial charge in [0.05, 0.1) is 31.7 Å². The number of carbonyl (C=O) groups is 4. The number of ether oxygens (including phenoxy) is 1. The van der Waals surface area contributed by atoms with Crippen molar-refractivity contribution in [2.45, 2.75) is 77.8 Å². The fraction of sp³-hybridized carbons (Fsp3) is 0.679. The van der Waals surface area contributed by atoms with Crippen LogP contribution in [0, 0.1) is 17.3 Å². The van der Waals surface area contributed by atoms with E-state index in [1.165, 1.54) is 30.5 Å². The molecule has 3 unspecified atom stereocenters. The zero-order chi connectivity index (χ0) is 28.7. The lowest BCUT2D eigenvalue weighted by Crippen LogP contribution is -2.51. The van der Waals surface area contributed by atoms with E-state index in [1.807, 2.05) is 20.8 Å². The summed E-state index contributed by atoms with van der Waals surface area (Å²) in [6.45, 7) is 7.51. The van der Waals surface area contributed by atoms with Gasteiger partial charge in [-0.1, -0.05) is 20.8 Å². The van der Waals surface area contributed by atoms with Gasteiger partial charge in [0.25, 0.3) is 0 Å². The number of piperidine rings is 2. The monoisotopic (exact) mass is 546 g/mol. The summed E-state index contributed by atoms with van der Waals surface area (Å²) in [4.78, 5) is 57.2. The Bertz CT molecular complexity index is 1040. The lowest BCUT2D eigenvalue weighted by Gasteiger charge is -2.44. The molecule has 3 N–H and O–H groups in total. The smallest absolute Gasteiger partial charge is 0.407 e. The third-order valence-electron chi connectivity index (χ3n) is 7.93. The second kappa shape index (κ2) is 13.1. The molecule has 4 atom stereocenters. The number of likely N-dealkylation sites (tertiary alicyclic amines) is 2. The van der Waals surface area contributed by atoms with E-state index in [9.17, 15) is 29.4 Å². The first-order valence-electron chi connectivity index (χ1n) is 13.7. The molecule has 2 aliphatic rings. The Morgan fingerprint density at radius 2 is 1.92 bits per heavy atom. The molecule has 0 radical (unpaired) electrons. The third kappa shape index (κ3) is 8.31. The minimum absolute atomic E-state index is 0.00349. The fourth-order valence-electron chi connectivity index (χ4n) is 5.68. The van der Waals surface area contributed by atoms with Crippen LogP contribution in [0.4, 0.5) is 4.79 Å². The van der Waals surface area contributed by atoms with Crippen molar-refractivity contribution in [2.75, 3.05) is 26.7 Å². The number of aromatic nitrogens is 1. The number of nitrogens with one attached hydrogen (secondary N) is 1. The summed E-state index contributed by atoms with van der Waals surface area (Å²) in [6, 6.07) is 0.637. The number of rotatable bonds is 8. The molecule has 1 aromatic rings. The molecule has 11 nitrogen and oxygen atoms in total. The molecule has 3 rings (SSSR count). The van der Waals surface area contributed by atoms with Crippen molar-refractivity contribution in [3.8, 4) is 5.75 Å². The number of nitrogens with zero attached hydrogens (tertiary/aromatic N) is 3. The predicted molar refractivity (Wildman–Crippen MR) is 143 cm³/mol. The molecule has 2 saturated heterocycles. The van der Waals surface area contributed by atoms with Crippen molar-refractivity contribution in [3.63, 3.8) is 0 Å². The maximum atomic E-state index is 13.2. The summed E-state index contributed by atoms with van der Waals surface area (Å²) >= 11 is 0. The normalized spacial score (nSPS) is 22.6. The molecule has 0 bridgehead atoms. The van der Waals surface area contributed by atoms with Crippen molar-refractivity contribution in [1.82, 2.24) is 20.1 Å². The van der Waals surface area contributed by atoms with Crippen LogP contribution in [-0.2, 0) is 19.1 Å². The van der Waals surface area contributed by atoms with Crippen molar-refractivity contribution in [1.29, 1.82) is 0 Å². The van der Waals surface area contributed by atoms with Crippen molar-refractivity contribution in [3.05, 3.63) is 24.0 Å². The van der Waals surface area contributed by atoms with Gasteiger partial charge in [0.15, 0.2) is 0 Å². The molecule has 39 heavy (non-hydrogen) atoms. The average molecular weight is 547 g/mol. The first-order chi connectivity index (χ1) is 18.4. The molecule has 3 amide bonds. The number of carbonyl (C=O) groups excluding carboxylic acids is 3. The molecule has 0 saturated carbocycles. The van der Waals surface area contributed by atoms with E-state index in [4.69, 9.17) is 4.74 Å². The second-order valence-corrected chi connectivity index (χ2v) is 11.8. The Morgan fingerprint density at radius 1 is 1.18 bits per heavy atom. The van der Waals surface area contributed by atoms with Gasteiger partial charge in [0.1, 0.15) is 5.75 Å². The molecule has 11 heteroatoms. The Hall–Kier alpha value is -3.37. The average Bonchev–Trinajstić information content (AvgIpc) is 2.90. The van der Waals surface area contributed by atoms with Crippen molar-refractivity contribution >= 4 is 23.9 Å². The zero-order valence-electron chi connectivity index (χ0n) is 23.4. The van der Waals surface area contributed by atoms with Crippen LogP contribution in [0.15, 0.2) is 18.5 Å². The number of methoxy groups -OCH3 is 1. The number of carboxylic acid groups (broad SMARTS) is 1.